The van der Waals surface area contributed by atoms with Gasteiger partial charge in [0.1, 0.15) is 0 Å². The molecule has 17 heavy (non-hydrogen) atoms. The lowest BCUT2D eigenvalue weighted by atomic mass is 10.1. The Morgan fingerprint density at radius 3 is 2.59 bits per heavy atom. The minimum absolute atomic E-state index is 0.314. The third-order valence-corrected chi connectivity index (χ3v) is 3.47. The van der Waals surface area contributed by atoms with E-state index in [1.807, 2.05) is 4.90 Å². The van der Waals surface area contributed by atoms with Crippen LogP contribution in [-0.4, -0.2) is 23.9 Å². The second-order valence-corrected chi connectivity index (χ2v) is 5.19. The Kier molecular flexibility index (Phi) is 6.99. The van der Waals surface area contributed by atoms with Gasteiger partial charge in [0.2, 0.25) is 5.91 Å². The largest absolute Gasteiger partial charge is 0.339 e. The fourth-order valence-electron chi connectivity index (χ4n) is 2.38. The van der Waals surface area contributed by atoms with Crippen molar-refractivity contribution in [3.63, 3.8) is 0 Å². The van der Waals surface area contributed by atoms with Crippen molar-refractivity contribution in [1.29, 1.82) is 0 Å². The van der Waals surface area contributed by atoms with Gasteiger partial charge >= 0.3 is 0 Å². The molecule has 1 fully saturated rings. The number of carbonyl (C=O) groups is 1. The average Bonchev–Trinajstić information content (AvgIpc) is 2.69. The summed E-state index contributed by atoms with van der Waals surface area (Å²) in [6.45, 7) is 8.08. The van der Waals surface area contributed by atoms with Gasteiger partial charge in [-0.15, -0.1) is 0 Å². The van der Waals surface area contributed by atoms with Crippen LogP contribution in [-0.2, 0) is 4.79 Å². The topological polar surface area (TPSA) is 20.3 Å². The predicted molar refractivity (Wildman–Crippen MR) is 72.9 cm³/mol. The van der Waals surface area contributed by atoms with E-state index in [4.69, 9.17) is 0 Å². The molecule has 1 heterocycles. The first kappa shape index (κ1) is 14.3. The second kappa shape index (κ2) is 8.32. The van der Waals surface area contributed by atoms with Crippen LogP contribution >= 0.6 is 0 Å². The van der Waals surface area contributed by atoms with E-state index < -0.39 is 0 Å². The summed E-state index contributed by atoms with van der Waals surface area (Å²) in [6, 6.07) is 0. The van der Waals surface area contributed by atoms with Gasteiger partial charge in [0.15, 0.2) is 0 Å². The first-order valence-corrected chi connectivity index (χ1v) is 7.18. The molecule has 1 rings (SSSR count). The molecule has 2 heteroatoms. The molecule has 0 bridgehead atoms. The zero-order chi connectivity index (χ0) is 12.5. The summed E-state index contributed by atoms with van der Waals surface area (Å²) < 4.78 is 0. The Balaban J connectivity index is 1.99. The molecule has 0 radical (unpaired) electrons. The number of hydrogen-bond acceptors (Lipinski definition) is 1. The fraction of sp³-hybridized carbons (Fsp3) is 0.800. The van der Waals surface area contributed by atoms with Gasteiger partial charge in [-0.2, -0.15) is 0 Å². The van der Waals surface area contributed by atoms with Crippen molar-refractivity contribution >= 4 is 5.91 Å². The maximum Gasteiger partial charge on any atom is 0.222 e. The Bertz CT molecular complexity index is 247. The maximum atomic E-state index is 11.4. The van der Waals surface area contributed by atoms with Crippen LogP contribution in [0.25, 0.3) is 0 Å². The number of hydrogen-bond donors (Lipinski definition) is 0. The minimum atomic E-state index is 0.314. The zero-order valence-electron chi connectivity index (χ0n) is 11.3. The molecule has 98 valence electrons. The maximum absolute atomic E-state index is 11.4. The van der Waals surface area contributed by atoms with Crippen LogP contribution in [0.4, 0.5) is 0 Å². The first-order valence-electron chi connectivity index (χ1n) is 7.18. The van der Waals surface area contributed by atoms with Crippen molar-refractivity contribution in [1.82, 2.24) is 4.90 Å². The van der Waals surface area contributed by atoms with E-state index in [0.717, 1.165) is 32.4 Å². The van der Waals surface area contributed by atoms with Crippen LogP contribution in [0.2, 0.25) is 0 Å². The van der Waals surface area contributed by atoms with Crippen LogP contribution in [0.15, 0.2) is 12.2 Å². The summed E-state index contributed by atoms with van der Waals surface area (Å²) in [5.74, 6) is 0.314. The molecule has 0 aromatic carbocycles. The van der Waals surface area contributed by atoms with Gasteiger partial charge in [-0.3, -0.25) is 4.79 Å². The van der Waals surface area contributed by atoms with Crippen LogP contribution in [0.3, 0.4) is 0 Å². The molecule has 0 aromatic rings. The fourth-order valence-corrected chi connectivity index (χ4v) is 2.38. The van der Waals surface area contributed by atoms with Crippen molar-refractivity contribution in [2.75, 3.05) is 13.1 Å². The Morgan fingerprint density at radius 1 is 1.24 bits per heavy atom. The second-order valence-electron chi connectivity index (χ2n) is 5.19. The molecular weight excluding hydrogens is 210 g/mol. The average molecular weight is 237 g/mol. The summed E-state index contributed by atoms with van der Waals surface area (Å²) in [5.41, 5.74) is 1.23. The summed E-state index contributed by atoms with van der Waals surface area (Å²) in [5, 5.41) is 0. The lowest BCUT2D eigenvalue weighted by Gasteiger charge is -2.17. The van der Waals surface area contributed by atoms with E-state index in [-0.39, 0.29) is 0 Å². The molecule has 0 atom stereocenters. The Morgan fingerprint density at radius 2 is 1.94 bits per heavy atom. The van der Waals surface area contributed by atoms with Gasteiger partial charge in [-0.25, -0.2) is 0 Å². The van der Waals surface area contributed by atoms with Crippen molar-refractivity contribution in [3.05, 3.63) is 12.2 Å². The molecule has 1 saturated heterocycles. The molecular formula is C15H27NO. The van der Waals surface area contributed by atoms with E-state index in [2.05, 4.69) is 13.5 Å². The smallest absolute Gasteiger partial charge is 0.222 e. The highest BCUT2D eigenvalue weighted by molar-refractivity contribution is 5.78. The summed E-state index contributed by atoms with van der Waals surface area (Å²) in [7, 11) is 0. The van der Waals surface area contributed by atoms with E-state index >= 15 is 0 Å². The summed E-state index contributed by atoms with van der Waals surface area (Å²) in [6.07, 6.45) is 10.8. The number of rotatable bonds is 9. The molecule has 0 aromatic heterocycles. The molecule has 0 unspecified atom stereocenters. The number of carbonyl (C=O) groups excluding carboxylic acids is 1. The molecule has 0 saturated carbocycles. The van der Waals surface area contributed by atoms with Gasteiger partial charge in [0.25, 0.3) is 0 Å². The molecule has 0 N–H and O–H groups in total. The Hall–Kier alpha value is -0.790. The van der Waals surface area contributed by atoms with Crippen LogP contribution in [0.1, 0.15) is 64.7 Å². The lowest BCUT2D eigenvalue weighted by Crippen LogP contribution is -2.26. The van der Waals surface area contributed by atoms with E-state index in [1.165, 1.54) is 44.1 Å². The van der Waals surface area contributed by atoms with Crippen LogP contribution in [0, 0.1) is 0 Å². The van der Waals surface area contributed by atoms with E-state index in [0.29, 0.717) is 5.91 Å². The van der Waals surface area contributed by atoms with Gasteiger partial charge in [0.05, 0.1) is 0 Å². The van der Waals surface area contributed by atoms with E-state index in [1.54, 1.807) is 0 Å². The lowest BCUT2D eigenvalue weighted by molar-refractivity contribution is -0.127. The molecule has 0 aliphatic carbocycles. The first-order chi connectivity index (χ1) is 8.24. The molecule has 1 amide bonds. The number of likely N-dealkylation sites (tertiary alicyclic amines) is 1. The predicted octanol–water partition coefficient (Wildman–Crippen LogP) is 3.92. The van der Waals surface area contributed by atoms with Gasteiger partial charge in [-0.1, -0.05) is 51.2 Å². The molecule has 1 aliphatic heterocycles. The molecule has 1 aliphatic rings. The van der Waals surface area contributed by atoms with Crippen LogP contribution in [0.5, 0.6) is 0 Å². The highest BCUT2D eigenvalue weighted by atomic mass is 16.2. The SMILES string of the molecule is C=C(CCCCCCCC)CN1CCCC1=O. The van der Waals surface area contributed by atoms with E-state index in [9.17, 15) is 4.79 Å². The third kappa shape index (κ3) is 5.90. The van der Waals surface area contributed by atoms with Gasteiger partial charge < -0.3 is 4.90 Å². The van der Waals surface area contributed by atoms with Gasteiger partial charge in [-0.05, 0) is 19.3 Å². The number of unbranched alkanes of at least 4 members (excludes halogenated alkanes) is 5. The number of nitrogens with zero attached hydrogens (tertiary/aromatic N) is 1. The van der Waals surface area contributed by atoms with Crippen molar-refractivity contribution in [2.45, 2.75) is 64.7 Å². The summed E-state index contributed by atoms with van der Waals surface area (Å²) >= 11 is 0. The summed E-state index contributed by atoms with van der Waals surface area (Å²) in [4.78, 5) is 13.4. The standard InChI is InChI=1S/C15H27NO/c1-3-4-5-6-7-8-10-14(2)13-16-12-9-11-15(16)17/h2-13H2,1H3. The highest BCUT2D eigenvalue weighted by Crippen LogP contribution is 2.15. The minimum Gasteiger partial charge on any atom is -0.339 e. The molecule has 0 spiro atoms. The quantitative estimate of drug-likeness (QED) is 0.440. The molecule has 2 nitrogen and oxygen atoms in total. The monoisotopic (exact) mass is 237 g/mol. The Labute approximate surface area is 106 Å². The normalized spacial score (nSPS) is 15.6. The van der Waals surface area contributed by atoms with Crippen molar-refractivity contribution in [2.24, 2.45) is 0 Å². The van der Waals surface area contributed by atoms with Crippen molar-refractivity contribution < 1.29 is 4.79 Å². The van der Waals surface area contributed by atoms with Gasteiger partial charge in [0, 0.05) is 19.5 Å². The highest BCUT2D eigenvalue weighted by Gasteiger charge is 2.19. The van der Waals surface area contributed by atoms with Crippen LogP contribution < -0.4 is 0 Å². The zero-order valence-corrected chi connectivity index (χ0v) is 11.3. The van der Waals surface area contributed by atoms with Crippen molar-refractivity contribution in [3.8, 4) is 0 Å². The number of amides is 1. The third-order valence-electron chi connectivity index (χ3n) is 3.47.